The number of aliphatic hydroxyl groups excluding tert-OH is 1. The molecular formula is C16H26O4. The van der Waals surface area contributed by atoms with E-state index in [4.69, 9.17) is 19.3 Å². The summed E-state index contributed by atoms with van der Waals surface area (Å²) in [6.45, 7) is 2.38. The van der Waals surface area contributed by atoms with Gasteiger partial charge in [0.15, 0.2) is 0 Å². The molecular weight excluding hydrogens is 256 g/mol. The number of methoxy groups -OCH3 is 1. The van der Waals surface area contributed by atoms with Crippen molar-refractivity contribution in [1.82, 2.24) is 0 Å². The smallest absolute Gasteiger partial charge is 0.146 e. The first-order valence-corrected chi connectivity index (χ1v) is 7.08. The van der Waals surface area contributed by atoms with Crippen molar-refractivity contribution in [2.24, 2.45) is 0 Å². The summed E-state index contributed by atoms with van der Waals surface area (Å²) in [6, 6.07) is 0. The summed E-state index contributed by atoms with van der Waals surface area (Å²) in [5.41, 5.74) is 0. The first kappa shape index (κ1) is 19.0. The summed E-state index contributed by atoms with van der Waals surface area (Å²) >= 11 is 0. The number of aliphatic hydroxyl groups is 1. The molecule has 4 nitrogen and oxygen atoms in total. The van der Waals surface area contributed by atoms with Crippen LogP contribution in [0.5, 0.6) is 0 Å². The summed E-state index contributed by atoms with van der Waals surface area (Å²) in [7, 11) is 1.65. The van der Waals surface area contributed by atoms with Gasteiger partial charge in [-0.2, -0.15) is 0 Å². The number of unbranched alkanes of at least 4 members (excludes halogenated alkanes) is 3. The van der Waals surface area contributed by atoms with Crippen LogP contribution in [-0.4, -0.2) is 45.4 Å². The average molecular weight is 282 g/mol. The van der Waals surface area contributed by atoms with Crippen LogP contribution >= 0.6 is 0 Å². The van der Waals surface area contributed by atoms with Gasteiger partial charge < -0.3 is 19.3 Å². The van der Waals surface area contributed by atoms with Gasteiger partial charge in [0, 0.05) is 26.6 Å². The van der Waals surface area contributed by atoms with Crippen LogP contribution in [0.3, 0.4) is 0 Å². The topological polar surface area (TPSA) is 47.9 Å². The molecule has 0 saturated heterocycles. The Bertz CT molecular complexity index is 306. The van der Waals surface area contributed by atoms with Gasteiger partial charge in [-0.05, 0) is 12.8 Å². The van der Waals surface area contributed by atoms with Crippen molar-refractivity contribution >= 4 is 0 Å². The lowest BCUT2D eigenvalue weighted by atomic mass is 10.2. The fourth-order valence-corrected chi connectivity index (χ4v) is 1.32. The minimum absolute atomic E-state index is 0.125. The molecule has 0 spiro atoms. The maximum absolute atomic E-state index is 8.52. The van der Waals surface area contributed by atoms with E-state index in [0.717, 1.165) is 32.3 Å². The average Bonchev–Trinajstić information content (AvgIpc) is 2.47. The van der Waals surface area contributed by atoms with Crippen LogP contribution in [0, 0.1) is 23.7 Å². The van der Waals surface area contributed by atoms with Crippen LogP contribution in [0.4, 0.5) is 0 Å². The zero-order chi connectivity index (χ0) is 14.7. The van der Waals surface area contributed by atoms with Crippen LogP contribution in [0.25, 0.3) is 0 Å². The van der Waals surface area contributed by atoms with E-state index in [0.29, 0.717) is 32.8 Å². The largest absolute Gasteiger partial charge is 0.395 e. The van der Waals surface area contributed by atoms with E-state index in [-0.39, 0.29) is 6.61 Å². The molecule has 0 fully saturated rings. The monoisotopic (exact) mass is 282 g/mol. The lowest BCUT2D eigenvalue weighted by molar-refractivity contribution is -0.0663. The molecule has 0 aromatic carbocycles. The van der Waals surface area contributed by atoms with Crippen LogP contribution < -0.4 is 0 Å². The second kappa shape index (κ2) is 18.0. The lowest BCUT2D eigenvalue weighted by Crippen LogP contribution is -2.06. The minimum Gasteiger partial charge on any atom is -0.395 e. The Balaban J connectivity index is 3.13. The molecule has 0 saturated carbocycles. The normalized spacial score (nSPS) is 9.50. The van der Waals surface area contributed by atoms with Crippen molar-refractivity contribution in [3.8, 4) is 23.7 Å². The van der Waals surface area contributed by atoms with Crippen LogP contribution in [-0.2, 0) is 14.2 Å². The summed E-state index contributed by atoms with van der Waals surface area (Å²) in [5.74, 6) is 11.8. The molecule has 0 aromatic rings. The van der Waals surface area contributed by atoms with Crippen LogP contribution in [0.2, 0.25) is 0 Å². The zero-order valence-electron chi connectivity index (χ0n) is 12.5. The molecule has 0 rings (SSSR count). The number of rotatable bonds is 11. The van der Waals surface area contributed by atoms with E-state index in [9.17, 15) is 0 Å². The van der Waals surface area contributed by atoms with Crippen LogP contribution in [0.15, 0.2) is 0 Å². The molecule has 20 heavy (non-hydrogen) atoms. The summed E-state index contributed by atoms with van der Waals surface area (Å²) in [4.78, 5) is 0. The molecule has 0 aromatic heterocycles. The zero-order valence-corrected chi connectivity index (χ0v) is 12.5. The maximum Gasteiger partial charge on any atom is 0.146 e. The van der Waals surface area contributed by atoms with Gasteiger partial charge in [-0.25, -0.2) is 0 Å². The minimum atomic E-state index is 0.125. The van der Waals surface area contributed by atoms with Crippen molar-refractivity contribution in [2.75, 3.05) is 40.3 Å². The highest BCUT2D eigenvalue weighted by atomic mass is 16.7. The highest BCUT2D eigenvalue weighted by molar-refractivity contribution is 5.11. The lowest BCUT2D eigenvalue weighted by Gasteiger charge is -2.04. The fourth-order valence-electron chi connectivity index (χ4n) is 1.32. The predicted octanol–water partition coefficient (Wildman–Crippen LogP) is 1.96. The molecule has 0 atom stereocenters. The Morgan fingerprint density at radius 3 is 2.30 bits per heavy atom. The Kier molecular flexibility index (Phi) is 17.0. The Labute approximate surface area is 122 Å². The molecule has 0 radical (unpaired) electrons. The highest BCUT2D eigenvalue weighted by Crippen LogP contribution is 1.99. The van der Waals surface area contributed by atoms with Gasteiger partial charge in [0.05, 0.1) is 26.2 Å². The van der Waals surface area contributed by atoms with E-state index < -0.39 is 0 Å². The fraction of sp³-hybridized carbons (Fsp3) is 0.750. The van der Waals surface area contributed by atoms with Crippen LogP contribution in [0.1, 0.15) is 38.5 Å². The Hall–Kier alpha value is -1.04. The third kappa shape index (κ3) is 17.0. The Morgan fingerprint density at radius 2 is 1.55 bits per heavy atom. The molecule has 114 valence electrons. The summed E-state index contributed by atoms with van der Waals surface area (Å²) < 4.78 is 15.3. The SMILES string of the molecule is COCCOCOCCCCCC#CCC#CCCO. The summed E-state index contributed by atoms with van der Waals surface area (Å²) in [5, 5.41) is 8.52. The molecule has 0 amide bonds. The summed E-state index contributed by atoms with van der Waals surface area (Å²) in [6.07, 6.45) is 5.28. The second-order valence-electron chi connectivity index (χ2n) is 4.10. The van der Waals surface area contributed by atoms with E-state index >= 15 is 0 Å². The van der Waals surface area contributed by atoms with Gasteiger partial charge in [-0.15, -0.1) is 5.92 Å². The third-order valence-corrected chi connectivity index (χ3v) is 2.35. The second-order valence-corrected chi connectivity index (χ2v) is 4.10. The number of hydrogen-bond donors (Lipinski definition) is 1. The first-order chi connectivity index (χ1) is 9.91. The third-order valence-electron chi connectivity index (χ3n) is 2.35. The highest BCUT2D eigenvalue weighted by Gasteiger charge is 1.90. The quantitative estimate of drug-likeness (QED) is 0.357. The molecule has 4 heteroatoms. The standard InChI is InChI=1S/C16H26O4/c1-18-14-15-20-16-19-13-11-9-7-5-3-2-4-6-8-10-12-17/h17H,4-5,7,9-16H2,1H3. The molecule has 1 N–H and O–H groups in total. The van der Waals surface area contributed by atoms with E-state index in [1.807, 2.05) is 0 Å². The predicted molar refractivity (Wildman–Crippen MR) is 79.0 cm³/mol. The van der Waals surface area contributed by atoms with Gasteiger partial charge >= 0.3 is 0 Å². The van der Waals surface area contributed by atoms with Gasteiger partial charge in [-0.1, -0.05) is 24.2 Å². The van der Waals surface area contributed by atoms with Crippen molar-refractivity contribution < 1.29 is 19.3 Å². The number of ether oxygens (including phenoxy) is 3. The first-order valence-electron chi connectivity index (χ1n) is 7.08. The molecule has 0 aliphatic rings. The van der Waals surface area contributed by atoms with Crippen molar-refractivity contribution in [1.29, 1.82) is 0 Å². The molecule has 0 aliphatic carbocycles. The maximum atomic E-state index is 8.52. The van der Waals surface area contributed by atoms with Gasteiger partial charge in [-0.3, -0.25) is 0 Å². The number of hydrogen-bond acceptors (Lipinski definition) is 4. The van der Waals surface area contributed by atoms with Crippen molar-refractivity contribution in [3.05, 3.63) is 0 Å². The molecule has 0 unspecified atom stereocenters. The van der Waals surface area contributed by atoms with Crippen molar-refractivity contribution in [3.63, 3.8) is 0 Å². The Morgan fingerprint density at radius 1 is 0.800 bits per heavy atom. The van der Waals surface area contributed by atoms with E-state index in [1.54, 1.807) is 7.11 Å². The van der Waals surface area contributed by atoms with E-state index in [1.165, 1.54) is 0 Å². The molecule has 0 aliphatic heterocycles. The van der Waals surface area contributed by atoms with Crippen molar-refractivity contribution in [2.45, 2.75) is 38.5 Å². The molecule has 0 heterocycles. The van der Waals surface area contributed by atoms with E-state index in [2.05, 4.69) is 23.7 Å². The van der Waals surface area contributed by atoms with Gasteiger partial charge in [0.25, 0.3) is 0 Å². The van der Waals surface area contributed by atoms with Gasteiger partial charge in [0.1, 0.15) is 6.79 Å². The van der Waals surface area contributed by atoms with Gasteiger partial charge in [0.2, 0.25) is 0 Å². The molecule has 0 bridgehead atoms.